The first kappa shape index (κ1) is 19.8. The van der Waals surface area contributed by atoms with Crippen molar-refractivity contribution < 1.29 is 19.1 Å². The van der Waals surface area contributed by atoms with Gasteiger partial charge >= 0.3 is 5.97 Å². The molecule has 3 aromatic rings. The Hall–Kier alpha value is -2.93. The molecule has 0 aliphatic heterocycles. The number of carbonyl (C=O) groups excluding carboxylic acids is 2. The standard InChI is InChI=1S/C21H19BrN2O4/c1-13-8-19(14(2)24(13)17-4-6-18(27-3)7-5-17)20(25)12-28-21(26)15-9-16(22)11-23-10-15/h4-11H,12H2,1-3H3. The molecule has 0 spiro atoms. The number of aryl methyl sites for hydroxylation is 1. The maximum Gasteiger partial charge on any atom is 0.340 e. The SMILES string of the molecule is COc1ccc(-n2c(C)cc(C(=O)COC(=O)c3cncc(Br)c3)c2C)cc1. The van der Waals surface area contributed by atoms with Crippen molar-refractivity contribution >= 4 is 27.7 Å². The highest BCUT2D eigenvalue weighted by Crippen LogP contribution is 2.23. The molecular formula is C21H19BrN2O4. The van der Waals surface area contributed by atoms with Crippen molar-refractivity contribution in [2.75, 3.05) is 13.7 Å². The lowest BCUT2D eigenvalue weighted by Crippen LogP contribution is -2.15. The van der Waals surface area contributed by atoms with Crippen LogP contribution in [0.5, 0.6) is 5.75 Å². The first-order valence-corrected chi connectivity index (χ1v) is 9.34. The minimum atomic E-state index is -0.592. The Morgan fingerprint density at radius 1 is 1.11 bits per heavy atom. The van der Waals surface area contributed by atoms with Crippen LogP contribution in [0, 0.1) is 13.8 Å². The Morgan fingerprint density at radius 2 is 1.82 bits per heavy atom. The van der Waals surface area contributed by atoms with Crippen LogP contribution in [-0.2, 0) is 4.74 Å². The largest absolute Gasteiger partial charge is 0.497 e. The van der Waals surface area contributed by atoms with Gasteiger partial charge in [-0.25, -0.2) is 4.79 Å². The number of carbonyl (C=O) groups is 2. The zero-order valence-electron chi connectivity index (χ0n) is 15.7. The predicted octanol–water partition coefficient (Wildman–Crippen LogP) is 4.30. The number of ketones is 1. The van der Waals surface area contributed by atoms with Crippen molar-refractivity contribution in [1.29, 1.82) is 0 Å². The third kappa shape index (κ3) is 4.14. The highest BCUT2D eigenvalue weighted by molar-refractivity contribution is 9.10. The molecule has 28 heavy (non-hydrogen) atoms. The van der Waals surface area contributed by atoms with Crippen LogP contribution >= 0.6 is 15.9 Å². The molecule has 1 aromatic carbocycles. The fourth-order valence-corrected chi connectivity index (χ4v) is 3.35. The number of rotatable bonds is 6. The van der Waals surface area contributed by atoms with E-state index in [2.05, 4.69) is 20.9 Å². The van der Waals surface area contributed by atoms with Crippen molar-refractivity contribution in [2.45, 2.75) is 13.8 Å². The molecule has 3 rings (SSSR count). The van der Waals surface area contributed by atoms with Gasteiger partial charge in [0, 0.05) is 39.5 Å². The van der Waals surface area contributed by atoms with Gasteiger partial charge in [0.2, 0.25) is 5.78 Å². The number of hydrogen-bond donors (Lipinski definition) is 0. The molecule has 0 bridgehead atoms. The molecule has 0 aliphatic rings. The molecule has 2 heterocycles. The van der Waals surface area contributed by atoms with Gasteiger partial charge in [0.25, 0.3) is 0 Å². The number of ether oxygens (including phenoxy) is 2. The molecule has 0 atom stereocenters. The maximum atomic E-state index is 12.6. The molecular weight excluding hydrogens is 424 g/mol. The second kappa shape index (κ2) is 8.39. The summed E-state index contributed by atoms with van der Waals surface area (Å²) < 4.78 is 13.0. The topological polar surface area (TPSA) is 70.4 Å². The second-order valence-corrected chi connectivity index (χ2v) is 7.13. The Bertz CT molecular complexity index is 1030. The van der Waals surface area contributed by atoms with Gasteiger partial charge in [-0.1, -0.05) is 0 Å². The molecule has 0 radical (unpaired) electrons. The molecule has 0 saturated carbocycles. The maximum absolute atomic E-state index is 12.6. The van der Waals surface area contributed by atoms with E-state index in [1.807, 2.05) is 42.7 Å². The lowest BCUT2D eigenvalue weighted by molar-refractivity contribution is 0.0474. The molecule has 6 nitrogen and oxygen atoms in total. The highest BCUT2D eigenvalue weighted by atomic mass is 79.9. The van der Waals surface area contributed by atoms with Gasteiger partial charge < -0.3 is 14.0 Å². The minimum absolute atomic E-state index is 0.260. The number of benzene rings is 1. The lowest BCUT2D eigenvalue weighted by Gasteiger charge is -2.11. The van der Waals surface area contributed by atoms with Crippen molar-refractivity contribution in [1.82, 2.24) is 9.55 Å². The van der Waals surface area contributed by atoms with Gasteiger partial charge in [-0.05, 0) is 66.2 Å². The van der Waals surface area contributed by atoms with Crippen molar-refractivity contribution in [2.24, 2.45) is 0 Å². The van der Waals surface area contributed by atoms with E-state index in [-0.39, 0.29) is 18.0 Å². The number of hydrogen-bond acceptors (Lipinski definition) is 5. The lowest BCUT2D eigenvalue weighted by atomic mass is 10.1. The first-order valence-electron chi connectivity index (χ1n) is 8.55. The van der Waals surface area contributed by atoms with Crippen LogP contribution in [0.3, 0.4) is 0 Å². The van der Waals surface area contributed by atoms with E-state index in [4.69, 9.17) is 9.47 Å². The third-order valence-electron chi connectivity index (χ3n) is 4.34. The fourth-order valence-electron chi connectivity index (χ4n) is 2.99. The van der Waals surface area contributed by atoms with E-state index in [0.717, 1.165) is 22.8 Å². The molecule has 0 unspecified atom stereocenters. The quantitative estimate of drug-likeness (QED) is 0.420. The molecule has 0 amide bonds. The van der Waals surface area contributed by atoms with Gasteiger partial charge in [0.1, 0.15) is 5.75 Å². The molecule has 2 aromatic heterocycles. The average molecular weight is 443 g/mol. The van der Waals surface area contributed by atoms with Crippen LogP contribution in [0.15, 0.2) is 53.3 Å². The Morgan fingerprint density at radius 3 is 2.46 bits per heavy atom. The number of esters is 1. The van der Waals surface area contributed by atoms with Crippen LogP contribution in [0.4, 0.5) is 0 Å². The van der Waals surface area contributed by atoms with Crippen LogP contribution < -0.4 is 4.74 Å². The Kier molecular flexibility index (Phi) is 5.94. The summed E-state index contributed by atoms with van der Waals surface area (Å²) in [7, 11) is 1.61. The summed E-state index contributed by atoms with van der Waals surface area (Å²) >= 11 is 3.25. The van der Waals surface area contributed by atoms with Crippen molar-refractivity contribution in [3.63, 3.8) is 0 Å². The van der Waals surface area contributed by atoms with E-state index in [1.165, 1.54) is 6.20 Å². The van der Waals surface area contributed by atoms with Gasteiger partial charge in [0.15, 0.2) is 6.61 Å². The normalized spacial score (nSPS) is 10.6. The number of nitrogens with zero attached hydrogens (tertiary/aromatic N) is 2. The van der Waals surface area contributed by atoms with Crippen LogP contribution in [0.25, 0.3) is 5.69 Å². The Balaban J connectivity index is 1.76. The zero-order chi connectivity index (χ0) is 20.3. The summed E-state index contributed by atoms with van der Waals surface area (Å²) in [6.07, 6.45) is 2.96. The van der Waals surface area contributed by atoms with Gasteiger partial charge in [-0.15, -0.1) is 0 Å². The van der Waals surface area contributed by atoms with Crippen molar-refractivity contribution in [3.8, 4) is 11.4 Å². The van der Waals surface area contributed by atoms with Gasteiger partial charge in [-0.3, -0.25) is 9.78 Å². The second-order valence-electron chi connectivity index (χ2n) is 6.21. The van der Waals surface area contributed by atoms with E-state index in [0.29, 0.717) is 10.0 Å². The van der Waals surface area contributed by atoms with Crippen LogP contribution in [-0.4, -0.2) is 35.0 Å². The first-order chi connectivity index (χ1) is 13.4. The average Bonchev–Trinajstić information content (AvgIpc) is 3.00. The predicted molar refractivity (Wildman–Crippen MR) is 108 cm³/mol. The van der Waals surface area contributed by atoms with E-state index >= 15 is 0 Å². The van der Waals surface area contributed by atoms with Gasteiger partial charge in [-0.2, -0.15) is 0 Å². The van der Waals surface area contributed by atoms with E-state index < -0.39 is 5.97 Å². The van der Waals surface area contributed by atoms with E-state index in [1.54, 1.807) is 25.4 Å². The minimum Gasteiger partial charge on any atom is -0.497 e. The summed E-state index contributed by atoms with van der Waals surface area (Å²) in [6, 6.07) is 11.0. The molecule has 7 heteroatoms. The number of halogens is 1. The smallest absolute Gasteiger partial charge is 0.340 e. The summed E-state index contributed by atoms with van der Waals surface area (Å²) in [6.45, 7) is 3.45. The van der Waals surface area contributed by atoms with Crippen LogP contribution in [0.1, 0.15) is 32.1 Å². The molecule has 0 N–H and O–H groups in total. The summed E-state index contributed by atoms with van der Waals surface area (Å²) in [5.74, 6) is -0.0910. The zero-order valence-corrected chi connectivity index (χ0v) is 17.3. The van der Waals surface area contributed by atoms with Gasteiger partial charge in [0.05, 0.1) is 12.7 Å². The molecule has 0 aliphatic carbocycles. The number of pyridine rings is 1. The molecule has 144 valence electrons. The summed E-state index contributed by atoms with van der Waals surface area (Å²) in [5, 5.41) is 0. The number of Topliss-reactive ketones (excluding diaryl/α,β-unsaturated/α-hetero) is 1. The summed E-state index contributed by atoms with van der Waals surface area (Å²) in [4.78, 5) is 28.7. The van der Waals surface area contributed by atoms with Crippen LogP contribution in [0.2, 0.25) is 0 Å². The monoisotopic (exact) mass is 442 g/mol. The number of methoxy groups -OCH3 is 1. The summed E-state index contributed by atoms with van der Waals surface area (Å²) in [5.41, 5.74) is 3.42. The molecule has 0 saturated heterocycles. The van der Waals surface area contributed by atoms with E-state index in [9.17, 15) is 9.59 Å². The third-order valence-corrected chi connectivity index (χ3v) is 4.77. The number of aromatic nitrogens is 2. The highest BCUT2D eigenvalue weighted by Gasteiger charge is 2.19. The Labute approximate surface area is 171 Å². The van der Waals surface area contributed by atoms with Crippen molar-refractivity contribution in [3.05, 3.63) is 75.8 Å². The fraction of sp³-hybridized carbons (Fsp3) is 0.190. The molecule has 0 fully saturated rings.